The van der Waals surface area contributed by atoms with Gasteiger partial charge in [-0.15, -0.1) is 0 Å². The van der Waals surface area contributed by atoms with Gasteiger partial charge in [-0.3, -0.25) is 0 Å². The van der Waals surface area contributed by atoms with Gasteiger partial charge in [0.25, 0.3) is 0 Å². The molecule has 0 bridgehead atoms. The molecule has 1 saturated carbocycles. The number of aryl methyl sites for hydroxylation is 1. The van der Waals surface area contributed by atoms with Crippen LogP contribution in [0.25, 0.3) is 0 Å². The van der Waals surface area contributed by atoms with Gasteiger partial charge in [0, 0.05) is 15.0 Å². The molecular formula is C15H21Br2N. The summed E-state index contributed by atoms with van der Waals surface area (Å²) in [6, 6.07) is 4.98. The van der Waals surface area contributed by atoms with E-state index in [1.54, 1.807) is 0 Å². The number of halogens is 2. The van der Waals surface area contributed by atoms with Crippen LogP contribution < -0.4 is 5.32 Å². The maximum absolute atomic E-state index is 3.72. The molecule has 18 heavy (non-hydrogen) atoms. The normalized spacial score (nSPS) is 18.2. The molecule has 0 spiro atoms. The Labute approximate surface area is 127 Å². The lowest BCUT2D eigenvalue weighted by Crippen LogP contribution is -2.21. The monoisotopic (exact) mass is 373 g/mol. The summed E-state index contributed by atoms with van der Waals surface area (Å²) < 4.78 is 2.33. The summed E-state index contributed by atoms with van der Waals surface area (Å²) in [5.41, 5.74) is 2.49. The van der Waals surface area contributed by atoms with Crippen molar-refractivity contribution in [1.82, 2.24) is 0 Å². The molecule has 0 heterocycles. The molecule has 1 N–H and O–H groups in total. The lowest BCUT2D eigenvalue weighted by Gasteiger charge is -2.23. The summed E-state index contributed by atoms with van der Waals surface area (Å²) in [4.78, 5) is 0. The molecule has 1 aliphatic rings. The van der Waals surface area contributed by atoms with Crippen LogP contribution >= 0.6 is 31.9 Å². The highest BCUT2D eigenvalue weighted by Crippen LogP contribution is 2.34. The first-order chi connectivity index (χ1) is 8.66. The van der Waals surface area contributed by atoms with Gasteiger partial charge < -0.3 is 5.32 Å². The molecular weight excluding hydrogens is 354 g/mol. The van der Waals surface area contributed by atoms with Crippen molar-refractivity contribution in [3.63, 3.8) is 0 Å². The highest BCUT2D eigenvalue weighted by Gasteiger charge is 2.14. The van der Waals surface area contributed by atoms with Crippen LogP contribution in [0, 0.1) is 6.92 Å². The third-order valence-corrected chi connectivity index (χ3v) is 4.89. The molecule has 100 valence electrons. The predicted molar refractivity (Wildman–Crippen MR) is 86.3 cm³/mol. The van der Waals surface area contributed by atoms with Crippen molar-refractivity contribution in [3.8, 4) is 0 Å². The molecule has 0 amide bonds. The number of rotatable bonds is 2. The minimum atomic E-state index is 0.626. The summed E-state index contributed by atoms with van der Waals surface area (Å²) in [5.74, 6) is 0. The highest BCUT2D eigenvalue weighted by atomic mass is 79.9. The van der Waals surface area contributed by atoms with Crippen LogP contribution in [0.2, 0.25) is 0 Å². The van der Waals surface area contributed by atoms with Crippen LogP contribution in [0.5, 0.6) is 0 Å². The van der Waals surface area contributed by atoms with E-state index in [9.17, 15) is 0 Å². The van der Waals surface area contributed by atoms with Crippen LogP contribution in [0.4, 0.5) is 5.69 Å². The summed E-state index contributed by atoms with van der Waals surface area (Å²) in [5, 5.41) is 3.72. The Balaban J connectivity index is 2.07. The van der Waals surface area contributed by atoms with Crippen molar-refractivity contribution in [3.05, 3.63) is 26.6 Å². The van der Waals surface area contributed by atoms with Gasteiger partial charge in [0.2, 0.25) is 0 Å². The van der Waals surface area contributed by atoms with Crippen LogP contribution in [0.3, 0.4) is 0 Å². The average Bonchev–Trinajstić information content (AvgIpc) is 2.25. The first-order valence-corrected chi connectivity index (χ1v) is 8.47. The number of hydrogen-bond acceptors (Lipinski definition) is 1. The van der Waals surface area contributed by atoms with Crippen LogP contribution in [-0.2, 0) is 0 Å². The molecule has 1 fully saturated rings. The Bertz CT molecular complexity index is 372. The molecule has 1 nitrogen and oxygen atoms in total. The van der Waals surface area contributed by atoms with E-state index in [1.165, 1.54) is 56.2 Å². The molecule has 0 aromatic heterocycles. The molecule has 3 heteroatoms. The Morgan fingerprint density at radius 1 is 0.944 bits per heavy atom. The van der Waals surface area contributed by atoms with Crippen molar-refractivity contribution in [2.24, 2.45) is 0 Å². The van der Waals surface area contributed by atoms with Gasteiger partial charge >= 0.3 is 0 Å². The Morgan fingerprint density at radius 2 is 1.44 bits per heavy atom. The molecule has 0 aliphatic heterocycles. The van der Waals surface area contributed by atoms with Crippen LogP contribution in [0.1, 0.15) is 50.5 Å². The van der Waals surface area contributed by atoms with Crippen molar-refractivity contribution in [2.45, 2.75) is 57.9 Å². The zero-order chi connectivity index (χ0) is 13.0. The lowest BCUT2D eigenvalue weighted by molar-refractivity contribution is 0.471. The van der Waals surface area contributed by atoms with E-state index in [0.717, 1.165) is 8.95 Å². The van der Waals surface area contributed by atoms with Crippen molar-refractivity contribution in [2.75, 3.05) is 5.32 Å². The lowest BCUT2D eigenvalue weighted by atomic mass is 9.96. The smallest absolute Gasteiger partial charge is 0.0631 e. The van der Waals surface area contributed by atoms with E-state index in [0.29, 0.717) is 6.04 Å². The van der Waals surface area contributed by atoms with Gasteiger partial charge in [0.1, 0.15) is 0 Å². The predicted octanol–water partition coefficient (Wildman–Crippen LogP) is 6.04. The SMILES string of the molecule is Cc1cc(Br)c(NC2CCCCCCC2)c(Br)c1. The van der Waals surface area contributed by atoms with Crippen LogP contribution in [-0.4, -0.2) is 6.04 Å². The minimum Gasteiger partial charge on any atom is -0.380 e. The Morgan fingerprint density at radius 3 is 2.00 bits per heavy atom. The van der Waals surface area contributed by atoms with Gasteiger partial charge in [0.15, 0.2) is 0 Å². The molecule has 1 aromatic rings. The molecule has 0 saturated heterocycles. The van der Waals surface area contributed by atoms with Gasteiger partial charge in [-0.2, -0.15) is 0 Å². The molecule has 0 atom stereocenters. The fourth-order valence-electron chi connectivity index (χ4n) is 2.64. The van der Waals surface area contributed by atoms with Crippen LogP contribution in [0.15, 0.2) is 21.1 Å². The van der Waals surface area contributed by atoms with E-state index in [1.807, 2.05) is 0 Å². The van der Waals surface area contributed by atoms with Crippen molar-refractivity contribution >= 4 is 37.5 Å². The van der Waals surface area contributed by atoms with E-state index < -0.39 is 0 Å². The fourth-order valence-corrected chi connectivity index (χ4v) is 4.29. The minimum absolute atomic E-state index is 0.626. The largest absolute Gasteiger partial charge is 0.380 e. The zero-order valence-electron chi connectivity index (χ0n) is 10.9. The summed E-state index contributed by atoms with van der Waals surface area (Å²) >= 11 is 7.33. The molecule has 1 aromatic carbocycles. The van der Waals surface area contributed by atoms with Crippen molar-refractivity contribution in [1.29, 1.82) is 0 Å². The number of anilines is 1. The summed E-state index contributed by atoms with van der Waals surface area (Å²) in [6.07, 6.45) is 9.53. The summed E-state index contributed by atoms with van der Waals surface area (Å²) in [7, 11) is 0. The standard InChI is InChI=1S/C15H21Br2N/c1-11-9-13(16)15(14(17)10-11)18-12-7-5-3-2-4-6-8-12/h9-10,12,18H,2-8H2,1H3. The van der Waals surface area contributed by atoms with Gasteiger partial charge in [0.05, 0.1) is 5.69 Å². The van der Waals surface area contributed by atoms with Gasteiger partial charge in [-0.1, -0.05) is 32.1 Å². The number of nitrogens with one attached hydrogen (secondary N) is 1. The number of benzene rings is 1. The second kappa shape index (κ2) is 6.95. The third kappa shape index (κ3) is 3.99. The molecule has 2 rings (SSSR count). The second-order valence-corrected chi connectivity index (χ2v) is 7.00. The molecule has 0 unspecified atom stereocenters. The Kier molecular flexibility index (Phi) is 5.56. The van der Waals surface area contributed by atoms with Gasteiger partial charge in [-0.25, -0.2) is 0 Å². The maximum atomic E-state index is 3.72. The first-order valence-electron chi connectivity index (χ1n) is 6.89. The first kappa shape index (κ1) is 14.4. The van der Waals surface area contributed by atoms with Crippen molar-refractivity contribution < 1.29 is 0 Å². The van der Waals surface area contributed by atoms with Gasteiger partial charge in [-0.05, 0) is 69.3 Å². The fraction of sp³-hybridized carbons (Fsp3) is 0.600. The van der Waals surface area contributed by atoms with E-state index in [2.05, 4.69) is 56.2 Å². The quantitative estimate of drug-likeness (QED) is 0.664. The molecule has 1 aliphatic carbocycles. The zero-order valence-corrected chi connectivity index (χ0v) is 14.1. The second-order valence-electron chi connectivity index (χ2n) is 5.29. The topological polar surface area (TPSA) is 12.0 Å². The van der Waals surface area contributed by atoms with E-state index >= 15 is 0 Å². The third-order valence-electron chi connectivity index (χ3n) is 3.64. The maximum Gasteiger partial charge on any atom is 0.0631 e. The highest BCUT2D eigenvalue weighted by molar-refractivity contribution is 9.11. The van der Waals surface area contributed by atoms with E-state index in [-0.39, 0.29) is 0 Å². The Hall–Kier alpha value is -0.0200. The summed E-state index contributed by atoms with van der Waals surface area (Å²) in [6.45, 7) is 2.12. The molecule has 0 radical (unpaired) electrons. The average molecular weight is 375 g/mol. The van der Waals surface area contributed by atoms with E-state index in [4.69, 9.17) is 0 Å². The number of hydrogen-bond donors (Lipinski definition) is 1.